The summed E-state index contributed by atoms with van der Waals surface area (Å²) in [6.07, 6.45) is 3.48. The van der Waals surface area contributed by atoms with Gasteiger partial charge in [0.25, 0.3) is 0 Å². The minimum atomic E-state index is -4.31. The highest BCUT2D eigenvalue weighted by Gasteiger charge is 2.38. The normalized spacial score (nSPS) is 11.5. The van der Waals surface area contributed by atoms with Crippen LogP contribution < -0.4 is 4.74 Å². The van der Waals surface area contributed by atoms with Crippen molar-refractivity contribution in [2.75, 3.05) is 0 Å². The van der Waals surface area contributed by atoms with Gasteiger partial charge >= 0.3 is 6.11 Å². The van der Waals surface area contributed by atoms with Crippen LogP contribution in [0.15, 0.2) is 85.2 Å². The van der Waals surface area contributed by atoms with Gasteiger partial charge in [0.1, 0.15) is 23.2 Å². The Kier molecular flexibility index (Phi) is 8.98. The van der Waals surface area contributed by atoms with Gasteiger partial charge in [0.05, 0.1) is 11.1 Å². The van der Waals surface area contributed by atoms with Crippen LogP contribution in [-0.2, 0) is 12.5 Å². The van der Waals surface area contributed by atoms with Crippen molar-refractivity contribution in [1.82, 2.24) is 9.97 Å². The lowest BCUT2D eigenvalue weighted by Crippen LogP contribution is -2.23. The lowest BCUT2D eigenvalue weighted by Gasteiger charge is -2.20. The van der Waals surface area contributed by atoms with Crippen molar-refractivity contribution >= 4 is 0 Å². The summed E-state index contributed by atoms with van der Waals surface area (Å²) in [5.74, 6) is -7.04. The Balaban J connectivity index is 1.31. The van der Waals surface area contributed by atoms with E-state index in [2.05, 4.69) is 21.6 Å². The lowest BCUT2D eigenvalue weighted by atomic mass is 10.0. The van der Waals surface area contributed by atoms with E-state index in [0.717, 1.165) is 55.0 Å². The first kappa shape index (κ1) is 30.7. The molecule has 0 aliphatic heterocycles. The number of aryl methyl sites for hydroxylation is 1. The minimum absolute atomic E-state index is 0.300. The molecule has 44 heavy (non-hydrogen) atoms. The van der Waals surface area contributed by atoms with Gasteiger partial charge in [-0.1, -0.05) is 56.2 Å². The zero-order valence-corrected chi connectivity index (χ0v) is 23.4. The number of alkyl halides is 2. The molecule has 0 unspecified atom stereocenters. The van der Waals surface area contributed by atoms with Crippen molar-refractivity contribution in [1.29, 1.82) is 0 Å². The number of aromatic nitrogens is 2. The number of ether oxygens (including phenoxy) is 1. The van der Waals surface area contributed by atoms with Crippen molar-refractivity contribution in [3.8, 4) is 39.4 Å². The maximum atomic E-state index is 15.0. The third-order valence-electron chi connectivity index (χ3n) is 7.00. The summed E-state index contributed by atoms with van der Waals surface area (Å²) in [6, 6.07) is 12.9. The second-order valence-electron chi connectivity index (χ2n) is 10.2. The van der Waals surface area contributed by atoms with Crippen LogP contribution in [0, 0.1) is 29.1 Å². The molecule has 0 aliphatic rings. The maximum Gasteiger partial charge on any atom is 0.429 e. The lowest BCUT2D eigenvalue weighted by molar-refractivity contribution is -0.187. The van der Waals surface area contributed by atoms with E-state index in [-0.39, 0.29) is 5.56 Å². The van der Waals surface area contributed by atoms with Gasteiger partial charge in [0.2, 0.25) is 0 Å². The molecular weight excluding hydrogens is 585 g/mol. The van der Waals surface area contributed by atoms with Crippen molar-refractivity contribution in [2.45, 2.75) is 38.7 Å². The van der Waals surface area contributed by atoms with Gasteiger partial charge < -0.3 is 4.74 Å². The highest BCUT2D eigenvalue weighted by Crippen LogP contribution is 2.38. The van der Waals surface area contributed by atoms with Crippen LogP contribution in [0.1, 0.15) is 37.3 Å². The first-order valence-corrected chi connectivity index (χ1v) is 13.8. The Morgan fingerprint density at radius 3 is 1.82 bits per heavy atom. The molecule has 0 radical (unpaired) electrons. The first-order chi connectivity index (χ1) is 21.1. The van der Waals surface area contributed by atoms with Crippen LogP contribution in [0.25, 0.3) is 33.6 Å². The van der Waals surface area contributed by atoms with Gasteiger partial charge in [-0.2, -0.15) is 8.78 Å². The molecule has 5 aromatic rings. The average molecular weight is 611 g/mol. The van der Waals surface area contributed by atoms with Gasteiger partial charge in [-0.05, 0) is 59.4 Å². The van der Waals surface area contributed by atoms with Crippen molar-refractivity contribution in [3.63, 3.8) is 0 Å². The van der Waals surface area contributed by atoms with Crippen LogP contribution in [0.4, 0.5) is 30.7 Å². The summed E-state index contributed by atoms with van der Waals surface area (Å²) >= 11 is 0. The quantitative estimate of drug-likeness (QED) is 0.117. The van der Waals surface area contributed by atoms with Crippen molar-refractivity contribution < 1.29 is 35.5 Å². The summed E-state index contributed by atoms with van der Waals surface area (Å²) in [6.45, 7) is 2.13. The molecule has 10 heteroatoms. The second-order valence-corrected chi connectivity index (χ2v) is 10.2. The van der Waals surface area contributed by atoms with E-state index in [1.54, 1.807) is 36.7 Å². The smallest absolute Gasteiger partial charge is 0.429 e. The summed E-state index contributed by atoms with van der Waals surface area (Å²) in [7, 11) is 0. The van der Waals surface area contributed by atoms with E-state index in [4.69, 9.17) is 0 Å². The Labute approximate surface area is 249 Å². The number of unbranched alkanes of at least 4 members (excludes halogenated alkanes) is 2. The highest BCUT2D eigenvalue weighted by atomic mass is 19.3. The Morgan fingerprint density at radius 2 is 1.20 bits per heavy atom. The topological polar surface area (TPSA) is 35.0 Å². The standard InChI is InChI=1S/C34H25F7N2O/c1-2-3-4-5-20-18-42-33(43-19-20)22-8-6-21(7-9-22)23-10-12-26(28(36)14-23)34(40,41)44-25-16-30(38)32(31(39)17-25)24-11-13-27(35)29(37)15-24/h6-19H,2-5H2,1H3. The molecular formula is C34H25F7N2O. The van der Waals surface area contributed by atoms with Gasteiger partial charge in [-0.25, -0.2) is 31.9 Å². The zero-order chi connectivity index (χ0) is 31.4. The number of rotatable bonds is 10. The molecule has 3 nitrogen and oxygen atoms in total. The van der Waals surface area contributed by atoms with E-state index in [1.807, 2.05) is 0 Å². The summed E-state index contributed by atoms with van der Waals surface area (Å²) in [5, 5.41) is 0. The Hall–Kier alpha value is -4.73. The number of benzene rings is 4. The average Bonchev–Trinajstić information content (AvgIpc) is 2.99. The van der Waals surface area contributed by atoms with Gasteiger partial charge in [0.15, 0.2) is 17.5 Å². The van der Waals surface area contributed by atoms with Crippen LogP contribution in [-0.4, -0.2) is 9.97 Å². The van der Waals surface area contributed by atoms with Crippen LogP contribution in [0.5, 0.6) is 5.75 Å². The molecule has 0 aliphatic carbocycles. The molecule has 0 bridgehead atoms. The molecule has 0 amide bonds. The SMILES string of the molecule is CCCCCc1cnc(-c2ccc(-c3ccc(C(F)(F)Oc4cc(F)c(-c5ccc(F)c(F)c5)c(F)c4)c(F)c3)cc2)nc1. The Bertz CT molecular complexity index is 1750. The molecule has 0 fully saturated rings. The molecule has 0 saturated heterocycles. The fraction of sp³-hybridized carbons (Fsp3) is 0.176. The van der Waals surface area contributed by atoms with E-state index in [9.17, 15) is 30.7 Å². The summed E-state index contributed by atoms with van der Waals surface area (Å²) < 4.78 is 105. The second kappa shape index (κ2) is 12.9. The summed E-state index contributed by atoms with van der Waals surface area (Å²) in [5.41, 5.74) is 0.327. The number of hydrogen-bond acceptors (Lipinski definition) is 3. The van der Waals surface area contributed by atoms with E-state index in [1.165, 1.54) is 6.07 Å². The largest absolute Gasteiger partial charge is 0.429 e. The minimum Gasteiger partial charge on any atom is -0.429 e. The molecule has 226 valence electrons. The Morgan fingerprint density at radius 1 is 0.614 bits per heavy atom. The zero-order valence-electron chi connectivity index (χ0n) is 23.4. The van der Waals surface area contributed by atoms with Crippen LogP contribution in [0.2, 0.25) is 0 Å². The maximum absolute atomic E-state index is 15.0. The fourth-order valence-electron chi connectivity index (χ4n) is 4.69. The molecule has 0 atom stereocenters. The predicted octanol–water partition coefficient (Wildman–Crippen LogP) is 10.0. The fourth-order valence-corrected chi connectivity index (χ4v) is 4.69. The number of halogens is 7. The number of nitrogens with zero attached hydrogens (tertiary/aromatic N) is 2. The highest BCUT2D eigenvalue weighted by molar-refractivity contribution is 5.68. The molecule has 0 spiro atoms. The van der Waals surface area contributed by atoms with E-state index < -0.39 is 52.1 Å². The third kappa shape index (κ3) is 6.74. The van der Waals surface area contributed by atoms with E-state index >= 15 is 0 Å². The summed E-state index contributed by atoms with van der Waals surface area (Å²) in [4.78, 5) is 8.82. The van der Waals surface area contributed by atoms with Crippen molar-refractivity contribution in [2.24, 2.45) is 0 Å². The monoisotopic (exact) mass is 610 g/mol. The van der Waals surface area contributed by atoms with Crippen LogP contribution in [0.3, 0.4) is 0 Å². The first-order valence-electron chi connectivity index (χ1n) is 13.8. The number of hydrogen-bond donors (Lipinski definition) is 0. The van der Waals surface area contributed by atoms with E-state index in [0.29, 0.717) is 41.2 Å². The van der Waals surface area contributed by atoms with Gasteiger partial charge in [-0.15, -0.1) is 0 Å². The van der Waals surface area contributed by atoms with Gasteiger partial charge in [0, 0.05) is 30.1 Å². The molecule has 0 N–H and O–H groups in total. The van der Waals surface area contributed by atoms with Crippen molar-refractivity contribution in [3.05, 3.63) is 125 Å². The molecule has 1 heterocycles. The third-order valence-corrected chi connectivity index (χ3v) is 7.00. The molecule has 0 saturated carbocycles. The molecule has 4 aromatic carbocycles. The van der Waals surface area contributed by atoms with Crippen LogP contribution >= 0.6 is 0 Å². The molecule has 5 rings (SSSR count). The van der Waals surface area contributed by atoms with Gasteiger partial charge in [-0.3, -0.25) is 0 Å². The predicted molar refractivity (Wildman–Crippen MR) is 152 cm³/mol. The molecule has 1 aromatic heterocycles.